The number of rotatable bonds is 6. The van der Waals surface area contributed by atoms with Crippen molar-refractivity contribution in [1.29, 1.82) is 0 Å². The lowest BCUT2D eigenvalue weighted by atomic mass is 9.97. The van der Waals surface area contributed by atoms with Crippen LogP contribution in [0.1, 0.15) is 18.4 Å². The second-order valence-corrected chi connectivity index (χ2v) is 6.97. The Hall–Kier alpha value is -3.02. The van der Waals surface area contributed by atoms with Crippen LogP contribution >= 0.6 is 0 Å². The fraction of sp³-hybridized carbons (Fsp3) is 0.364. The van der Waals surface area contributed by atoms with Gasteiger partial charge >= 0.3 is 6.03 Å². The van der Waals surface area contributed by atoms with E-state index in [0.29, 0.717) is 25.3 Å². The van der Waals surface area contributed by atoms with Crippen LogP contribution in [-0.4, -0.2) is 43.6 Å². The summed E-state index contributed by atoms with van der Waals surface area (Å²) >= 11 is 0. The molecule has 2 aromatic rings. The van der Waals surface area contributed by atoms with Gasteiger partial charge in [0.2, 0.25) is 5.91 Å². The van der Waals surface area contributed by atoms with Crippen LogP contribution in [0.3, 0.4) is 0 Å². The molecule has 2 N–H and O–H groups in total. The lowest BCUT2D eigenvalue weighted by Crippen LogP contribution is -2.47. The minimum atomic E-state index is -0.174. The molecule has 1 aliphatic heterocycles. The molecule has 1 unspecified atom stereocenters. The molecule has 1 atom stereocenters. The number of hydrogen-bond acceptors (Lipinski definition) is 3. The monoisotopic (exact) mass is 381 g/mol. The third kappa shape index (κ3) is 5.49. The molecule has 1 fully saturated rings. The summed E-state index contributed by atoms with van der Waals surface area (Å²) in [5.74, 6) is 0.604. The second kappa shape index (κ2) is 9.78. The number of carbonyl (C=O) groups is 2. The summed E-state index contributed by atoms with van der Waals surface area (Å²) in [6.45, 7) is 1.71. The molecule has 6 nitrogen and oxygen atoms in total. The standard InChI is InChI=1S/C22H27N3O3/c1-28-20-11-9-19(10-12-20)24-22(27)25-15-5-8-18(16-25)21(26)23-14-13-17-6-3-2-4-7-17/h2-4,6-7,9-12,18H,5,8,13-16H2,1H3,(H,23,26)(H,24,27). The van der Waals surface area contributed by atoms with E-state index in [1.54, 1.807) is 36.3 Å². The molecule has 3 amide bonds. The normalized spacial score (nSPS) is 16.3. The maximum absolute atomic E-state index is 12.5. The highest BCUT2D eigenvalue weighted by Crippen LogP contribution is 2.19. The Balaban J connectivity index is 1.46. The summed E-state index contributed by atoms with van der Waals surface area (Å²) in [5, 5.41) is 5.90. The molecule has 6 heteroatoms. The van der Waals surface area contributed by atoms with E-state index in [0.717, 1.165) is 25.0 Å². The Bertz CT molecular complexity index is 777. The molecule has 3 rings (SSSR count). The van der Waals surface area contributed by atoms with E-state index in [9.17, 15) is 9.59 Å². The van der Waals surface area contributed by atoms with Gasteiger partial charge in [0.25, 0.3) is 0 Å². The van der Waals surface area contributed by atoms with Crippen molar-refractivity contribution in [2.45, 2.75) is 19.3 Å². The van der Waals surface area contributed by atoms with Crippen LogP contribution in [0.25, 0.3) is 0 Å². The van der Waals surface area contributed by atoms with Crippen LogP contribution in [0.2, 0.25) is 0 Å². The molecule has 0 aromatic heterocycles. The van der Waals surface area contributed by atoms with Gasteiger partial charge in [-0.1, -0.05) is 30.3 Å². The summed E-state index contributed by atoms with van der Waals surface area (Å²) in [5.41, 5.74) is 1.91. The fourth-order valence-corrected chi connectivity index (χ4v) is 3.37. The molecule has 1 heterocycles. The van der Waals surface area contributed by atoms with Gasteiger partial charge in [0.1, 0.15) is 5.75 Å². The summed E-state index contributed by atoms with van der Waals surface area (Å²) in [4.78, 5) is 26.8. The first kappa shape index (κ1) is 19.7. The maximum atomic E-state index is 12.5. The van der Waals surface area contributed by atoms with Crippen LogP contribution in [0.15, 0.2) is 54.6 Å². The summed E-state index contributed by atoms with van der Waals surface area (Å²) in [6.07, 6.45) is 2.44. The highest BCUT2D eigenvalue weighted by Gasteiger charge is 2.28. The van der Waals surface area contributed by atoms with E-state index in [1.807, 2.05) is 18.2 Å². The number of nitrogens with one attached hydrogen (secondary N) is 2. The predicted molar refractivity (Wildman–Crippen MR) is 109 cm³/mol. The molecule has 0 bridgehead atoms. The number of carbonyl (C=O) groups excluding carboxylic acids is 2. The van der Waals surface area contributed by atoms with Crippen molar-refractivity contribution >= 4 is 17.6 Å². The number of benzene rings is 2. The van der Waals surface area contributed by atoms with Crippen LogP contribution in [0, 0.1) is 5.92 Å². The quantitative estimate of drug-likeness (QED) is 0.807. The number of likely N-dealkylation sites (tertiary alicyclic amines) is 1. The Labute approximate surface area is 165 Å². The van der Waals surface area contributed by atoms with E-state index in [2.05, 4.69) is 22.8 Å². The highest BCUT2D eigenvalue weighted by atomic mass is 16.5. The molecule has 1 saturated heterocycles. The molecule has 2 aromatic carbocycles. The van der Waals surface area contributed by atoms with Crippen molar-refractivity contribution in [2.24, 2.45) is 5.92 Å². The number of piperidine rings is 1. The molecule has 28 heavy (non-hydrogen) atoms. The number of nitrogens with zero attached hydrogens (tertiary/aromatic N) is 1. The summed E-state index contributed by atoms with van der Waals surface area (Å²) in [6, 6.07) is 17.1. The van der Waals surface area contributed by atoms with Crippen molar-refractivity contribution in [1.82, 2.24) is 10.2 Å². The minimum absolute atomic E-state index is 0.0258. The topological polar surface area (TPSA) is 70.7 Å². The van der Waals surface area contributed by atoms with Crippen LogP contribution in [0.5, 0.6) is 5.75 Å². The zero-order valence-electron chi connectivity index (χ0n) is 16.2. The van der Waals surface area contributed by atoms with E-state index in [1.165, 1.54) is 5.56 Å². The summed E-state index contributed by atoms with van der Waals surface area (Å²) in [7, 11) is 1.60. The first-order valence-corrected chi connectivity index (χ1v) is 9.67. The Morgan fingerprint density at radius 2 is 1.86 bits per heavy atom. The maximum Gasteiger partial charge on any atom is 0.321 e. The van der Waals surface area contributed by atoms with E-state index < -0.39 is 0 Å². The molecular formula is C22H27N3O3. The zero-order chi connectivity index (χ0) is 19.8. The van der Waals surface area contributed by atoms with Gasteiger partial charge in [0.05, 0.1) is 13.0 Å². The van der Waals surface area contributed by atoms with Gasteiger partial charge in [0.15, 0.2) is 0 Å². The highest BCUT2D eigenvalue weighted by molar-refractivity contribution is 5.90. The van der Waals surface area contributed by atoms with Gasteiger partial charge in [-0.3, -0.25) is 4.79 Å². The Morgan fingerprint density at radius 3 is 2.57 bits per heavy atom. The fourth-order valence-electron chi connectivity index (χ4n) is 3.37. The number of amides is 3. The van der Waals surface area contributed by atoms with Crippen molar-refractivity contribution in [3.05, 3.63) is 60.2 Å². The van der Waals surface area contributed by atoms with E-state index in [-0.39, 0.29) is 17.9 Å². The number of methoxy groups -OCH3 is 1. The second-order valence-electron chi connectivity index (χ2n) is 6.97. The van der Waals surface area contributed by atoms with Crippen molar-refractivity contribution in [2.75, 3.05) is 32.1 Å². The minimum Gasteiger partial charge on any atom is -0.497 e. The Kier molecular flexibility index (Phi) is 6.89. The first-order chi connectivity index (χ1) is 13.7. The predicted octanol–water partition coefficient (Wildman–Crippen LogP) is 3.30. The lowest BCUT2D eigenvalue weighted by Gasteiger charge is -2.32. The number of hydrogen-bond donors (Lipinski definition) is 2. The van der Waals surface area contributed by atoms with E-state index >= 15 is 0 Å². The van der Waals surface area contributed by atoms with Crippen LogP contribution < -0.4 is 15.4 Å². The largest absolute Gasteiger partial charge is 0.497 e. The molecular weight excluding hydrogens is 354 g/mol. The Morgan fingerprint density at radius 1 is 1.11 bits per heavy atom. The number of urea groups is 1. The van der Waals surface area contributed by atoms with E-state index in [4.69, 9.17) is 4.74 Å². The van der Waals surface area contributed by atoms with Crippen molar-refractivity contribution in [3.63, 3.8) is 0 Å². The summed E-state index contributed by atoms with van der Waals surface area (Å²) < 4.78 is 5.12. The van der Waals surface area contributed by atoms with Crippen LogP contribution in [-0.2, 0) is 11.2 Å². The third-order valence-corrected chi connectivity index (χ3v) is 4.98. The number of ether oxygens (including phenoxy) is 1. The average molecular weight is 381 g/mol. The van der Waals surface area contributed by atoms with Gasteiger partial charge in [-0.05, 0) is 49.1 Å². The van der Waals surface area contributed by atoms with Gasteiger partial charge in [-0.15, -0.1) is 0 Å². The van der Waals surface area contributed by atoms with Gasteiger partial charge < -0.3 is 20.3 Å². The number of anilines is 1. The molecule has 0 spiro atoms. The molecule has 0 aliphatic carbocycles. The molecule has 0 saturated carbocycles. The molecule has 148 valence electrons. The zero-order valence-corrected chi connectivity index (χ0v) is 16.2. The van der Waals surface area contributed by atoms with Gasteiger partial charge in [-0.2, -0.15) is 0 Å². The first-order valence-electron chi connectivity index (χ1n) is 9.67. The van der Waals surface area contributed by atoms with Crippen molar-refractivity contribution in [3.8, 4) is 5.75 Å². The van der Waals surface area contributed by atoms with Crippen LogP contribution in [0.4, 0.5) is 10.5 Å². The smallest absolute Gasteiger partial charge is 0.321 e. The molecule has 0 radical (unpaired) electrons. The van der Waals surface area contributed by atoms with Gasteiger partial charge in [0, 0.05) is 25.3 Å². The lowest BCUT2D eigenvalue weighted by molar-refractivity contribution is -0.126. The molecule has 1 aliphatic rings. The van der Waals surface area contributed by atoms with Gasteiger partial charge in [-0.25, -0.2) is 4.79 Å². The van der Waals surface area contributed by atoms with Crippen molar-refractivity contribution < 1.29 is 14.3 Å². The SMILES string of the molecule is COc1ccc(NC(=O)N2CCCC(C(=O)NCCc3ccccc3)C2)cc1. The third-order valence-electron chi connectivity index (χ3n) is 4.98. The average Bonchev–Trinajstić information content (AvgIpc) is 2.75.